The standard InChI is InChI=1S/C15H21FN2O2/c1-20-14-5-4-11(9-13(14)16)6-8-18-15(19)10-12-3-2-7-17-12/h4-5,9,12,17H,2-3,6-8,10H2,1H3,(H,18,19). The molecule has 20 heavy (non-hydrogen) atoms. The summed E-state index contributed by atoms with van der Waals surface area (Å²) in [6.07, 6.45) is 3.35. The van der Waals surface area contributed by atoms with Gasteiger partial charge in [-0.3, -0.25) is 4.79 Å². The van der Waals surface area contributed by atoms with E-state index in [-0.39, 0.29) is 17.5 Å². The van der Waals surface area contributed by atoms with E-state index in [1.807, 2.05) is 6.07 Å². The third kappa shape index (κ3) is 4.20. The van der Waals surface area contributed by atoms with Crippen LogP contribution in [0.2, 0.25) is 0 Å². The van der Waals surface area contributed by atoms with Gasteiger partial charge in [0, 0.05) is 19.0 Å². The van der Waals surface area contributed by atoms with Gasteiger partial charge in [0.25, 0.3) is 0 Å². The fourth-order valence-corrected chi connectivity index (χ4v) is 2.44. The summed E-state index contributed by atoms with van der Waals surface area (Å²) in [5.74, 6) is -0.0741. The molecule has 0 aliphatic carbocycles. The predicted octanol–water partition coefficient (Wildman–Crippen LogP) is 1.64. The van der Waals surface area contributed by atoms with Crippen molar-refractivity contribution < 1.29 is 13.9 Å². The zero-order valence-corrected chi connectivity index (χ0v) is 11.7. The van der Waals surface area contributed by atoms with E-state index < -0.39 is 0 Å². The van der Waals surface area contributed by atoms with Gasteiger partial charge in [-0.1, -0.05) is 6.07 Å². The highest BCUT2D eigenvalue weighted by atomic mass is 19.1. The van der Waals surface area contributed by atoms with Crippen molar-refractivity contribution in [2.75, 3.05) is 20.2 Å². The maximum Gasteiger partial charge on any atom is 0.221 e. The minimum atomic E-state index is -0.369. The molecule has 1 amide bonds. The smallest absolute Gasteiger partial charge is 0.221 e. The maximum absolute atomic E-state index is 13.5. The summed E-state index contributed by atoms with van der Waals surface area (Å²) in [6, 6.07) is 5.18. The molecule has 0 aromatic heterocycles. The summed E-state index contributed by atoms with van der Waals surface area (Å²) in [5, 5.41) is 6.16. The highest BCUT2D eigenvalue weighted by Crippen LogP contribution is 2.17. The number of hydrogen-bond acceptors (Lipinski definition) is 3. The van der Waals surface area contributed by atoms with Crippen LogP contribution < -0.4 is 15.4 Å². The normalized spacial score (nSPS) is 18.0. The summed E-state index contributed by atoms with van der Waals surface area (Å²) in [7, 11) is 1.44. The summed E-state index contributed by atoms with van der Waals surface area (Å²) in [5.41, 5.74) is 0.850. The molecule has 4 nitrogen and oxygen atoms in total. The van der Waals surface area contributed by atoms with E-state index in [1.54, 1.807) is 6.07 Å². The number of halogens is 1. The van der Waals surface area contributed by atoms with Crippen LogP contribution in [0, 0.1) is 5.82 Å². The van der Waals surface area contributed by atoms with Crippen molar-refractivity contribution in [3.8, 4) is 5.75 Å². The lowest BCUT2D eigenvalue weighted by Crippen LogP contribution is -2.32. The van der Waals surface area contributed by atoms with E-state index >= 15 is 0 Å². The Morgan fingerprint density at radius 1 is 1.55 bits per heavy atom. The third-order valence-corrected chi connectivity index (χ3v) is 3.55. The monoisotopic (exact) mass is 280 g/mol. The third-order valence-electron chi connectivity index (χ3n) is 3.55. The predicted molar refractivity (Wildman–Crippen MR) is 75.3 cm³/mol. The van der Waals surface area contributed by atoms with Gasteiger partial charge in [-0.25, -0.2) is 4.39 Å². The molecule has 0 saturated carbocycles. The summed E-state index contributed by atoms with van der Waals surface area (Å²) < 4.78 is 18.4. The Balaban J connectivity index is 1.72. The van der Waals surface area contributed by atoms with Gasteiger partial charge in [-0.15, -0.1) is 0 Å². The fraction of sp³-hybridized carbons (Fsp3) is 0.533. The molecule has 1 fully saturated rings. The van der Waals surface area contributed by atoms with E-state index in [1.165, 1.54) is 13.2 Å². The molecule has 2 N–H and O–H groups in total. The van der Waals surface area contributed by atoms with Gasteiger partial charge in [-0.05, 0) is 43.5 Å². The van der Waals surface area contributed by atoms with Gasteiger partial charge in [0.2, 0.25) is 5.91 Å². The van der Waals surface area contributed by atoms with Crippen LogP contribution in [-0.4, -0.2) is 32.1 Å². The average Bonchev–Trinajstić information content (AvgIpc) is 2.92. The second-order valence-electron chi connectivity index (χ2n) is 5.07. The number of benzene rings is 1. The van der Waals surface area contributed by atoms with E-state index in [0.717, 1.165) is 24.9 Å². The Bertz CT molecular complexity index is 459. The van der Waals surface area contributed by atoms with Crippen molar-refractivity contribution in [2.45, 2.75) is 31.7 Å². The molecule has 110 valence electrons. The molecule has 1 aromatic carbocycles. The van der Waals surface area contributed by atoms with Crippen LogP contribution in [0.25, 0.3) is 0 Å². The molecule has 1 saturated heterocycles. The quantitative estimate of drug-likeness (QED) is 0.833. The molecule has 2 rings (SSSR count). The molecular weight excluding hydrogens is 259 g/mol. The van der Waals surface area contributed by atoms with Crippen LogP contribution in [0.5, 0.6) is 5.75 Å². The Morgan fingerprint density at radius 3 is 3.05 bits per heavy atom. The molecule has 0 bridgehead atoms. The molecule has 0 spiro atoms. The van der Waals surface area contributed by atoms with Crippen LogP contribution in [0.15, 0.2) is 18.2 Å². The zero-order chi connectivity index (χ0) is 14.4. The Labute approximate surface area is 118 Å². The largest absolute Gasteiger partial charge is 0.494 e. The summed E-state index contributed by atoms with van der Waals surface area (Å²) in [4.78, 5) is 11.7. The van der Waals surface area contributed by atoms with E-state index in [4.69, 9.17) is 4.74 Å². The molecule has 1 aliphatic rings. The van der Waals surface area contributed by atoms with Crippen molar-refractivity contribution in [1.82, 2.24) is 10.6 Å². The number of nitrogens with one attached hydrogen (secondary N) is 2. The molecule has 1 aromatic rings. The number of hydrogen-bond donors (Lipinski definition) is 2. The first-order chi connectivity index (χ1) is 9.69. The lowest BCUT2D eigenvalue weighted by atomic mass is 10.1. The second-order valence-corrected chi connectivity index (χ2v) is 5.07. The van der Waals surface area contributed by atoms with E-state index in [9.17, 15) is 9.18 Å². The van der Waals surface area contributed by atoms with Gasteiger partial charge in [0.05, 0.1) is 7.11 Å². The molecular formula is C15H21FN2O2. The average molecular weight is 280 g/mol. The van der Waals surface area contributed by atoms with Gasteiger partial charge < -0.3 is 15.4 Å². The van der Waals surface area contributed by atoms with E-state index in [0.29, 0.717) is 25.4 Å². The van der Waals surface area contributed by atoms with Gasteiger partial charge in [-0.2, -0.15) is 0 Å². The van der Waals surface area contributed by atoms with Crippen molar-refractivity contribution >= 4 is 5.91 Å². The van der Waals surface area contributed by atoms with Crippen LogP contribution >= 0.6 is 0 Å². The van der Waals surface area contributed by atoms with Gasteiger partial charge in [0.1, 0.15) is 0 Å². The number of rotatable bonds is 6. The zero-order valence-electron chi connectivity index (χ0n) is 11.7. The van der Waals surface area contributed by atoms with Gasteiger partial charge in [0.15, 0.2) is 11.6 Å². The number of ether oxygens (including phenoxy) is 1. The van der Waals surface area contributed by atoms with Crippen LogP contribution in [0.4, 0.5) is 4.39 Å². The first-order valence-electron chi connectivity index (χ1n) is 7.01. The Morgan fingerprint density at radius 2 is 2.40 bits per heavy atom. The maximum atomic E-state index is 13.5. The van der Waals surface area contributed by atoms with E-state index in [2.05, 4.69) is 10.6 Å². The summed E-state index contributed by atoms with van der Waals surface area (Å²) in [6.45, 7) is 1.53. The van der Waals surface area contributed by atoms with Crippen LogP contribution in [0.3, 0.4) is 0 Å². The highest BCUT2D eigenvalue weighted by Gasteiger charge is 2.17. The molecule has 1 heterocycles. The molecule has 1 aliphatic heterocycles. The first-order valence-corrected chi connectivity index (χ1v) is 7.01. The Kier molecular flexibility index (Phi) is 5.35. The highest BCUT2D eigenvalue weighted by molar-refractivity contribution is 5.76. The minimum Gasteiger partial charge on any atom is -0.494 e. The summed E-state index contributed by atoms with van der Waals surface area (Å²) >= 11 is 0. The van der Waals surface area contributed by atoms with Crippen LogP contribution in [0.1, 0.15) is 24.8 Å². The number of carbonyl (C=O) groups is 1. The van der Waals surface area contributed by atoms with Gasteiger partial charge >= 0.3 is 0 Å². The van der Waals surface area contributed by atoms with Crippen molar-refractivity contribution in [3.05, 3.63) is 29.6 Å². The Hall–Kier alpha value is -1.62. The SMILES string of the molecule is COc1ccc(CCNC(=O)CC2CCCN2)cc1F. The minimum absolute atomic E-state index is 0.0541. The lowest BCUT2D eigenvalue weighted by molar-refractivity contribution is -0.121. The molecule has 0 radical (unpaired) electrons. The number of methoxy groups -OCH3 is 1. The van der Waals surface area contributed by atoms with Crippen LogP contribution in [-0.2, 0) is 11.2 Å². The molecule has 5 heteroatoms. The molecule has 1 atom stereocenters. The van der Waals surface area contributed by atoms with Crippen molar-refractivity contribution in [1.29, 1.82) is 0 Å². The van der Waals surface area contributed by atoms with Crippen molar-refractivity contribution in [3.63, 3.8) is 0 Å². The lowest BCUT2D eigenvalue weighted by Gasteiger charge is -2.10. The first kappa shape index (κ1) is 14.8. The fourth-order valence-electron chi connectivity index (χ4n) is 2.44. The second kappa shape index (κ2) is 7.24. The topological polar surface area (TPSA) is 50.4 Å². The molecule has 1 unspecified atom stereocenters. The van der Waals surface area contributed by atoms with Crippen molar-refractivity contribution in [2.24, 2.45) is 0 Å². The number of carbonyl (C=O) groups excluding carboxylic acids is 1. The number of amides is 1.